The average molecular weight is 302 g/mol. The Bertz CT molecular complexity index is 495. The highest BCUT2D eigenvalue weighted by molar-refractivity contribution is 5.78. The molecular formula is C17H26N4O. The van der Waals surface area contributed by atoms with E-state index in [4.69, 9.17) is 0 Å². The lowest BCUT2D eigenvalue weighted by Gasteiger charge is -2.32. The Morgan fingerprint density at radius 2 is 2.09 bits per heavy atom. The molecule has 0 bridgehead atoms. The number of H-pyrrole nitrogens is 1. The van der Waals surface area contributed by atoms with Gasteiger partial charge in [0.1, 0.15) is 0 Å². The average Bonchev–Trinajstić information content (AvgIpc) is 3.45. The van der Waals surface area contributed by atoms with E-state index in [9.17, 15) is 4.79 Å². The van der Waals surface area contributed by atoms with Crippen molar-refractivity contribution in [2.75, 3.05) is 19.6 Å². The molecule has 0 radical (unpaired) electrons. The minimum Gasteiger partial charge on any atom is -0.352 e. The van der Waals surface area contributed by atoms with Gasteiger partial charge in [0, 0.05) is 30.4 Å². The van der Waals surface area contributed by atoms with Gasteiger partial charge in [0.2, 0.25) is 5.91 Å². The van der Waals surface area contributed by atoms with Gasteiger partial charge in [-0.2, -0.15) is 5.10 Å². The maximum absolute atomic E-state index is 12.4. The molecule has 120 valence electrons. The molecule has 4 rings (SSSR count). The lowest BCUT2D eigenvalue weighted by Crippen LogP contribution is -2.46. The van der Waals surface area contributed by atoms with Crippen LogP contribution in [0.3, 0.4) is 0 Å². The van der Waals surface area contributed by atoms with Gasteiger partial charge < -0.3 is 5.32 Å². The van der Waals surface area contributed by atoms with E-state index in [-0.39, 0.29) is 5.91 Å². The molecule has 1 atom stereocenters. The third kappa shape index (κ3) is 3.35. The van der Waals surface area contributed by atoms with E-state index >= 15 is 0 Å². The fraction of sp³-hybridized carbons (Fsp3) is 0.765. The Hall–Kier alpha value is -1.36. The zero-order valence-corrected chi connectivity index (χ0v) is 13.1. The standard InChI is InChI=1S/C17H26N4O/c22-16(19-17(12-3-4-12)13-5-6-13)11-21-9-1-2-14(10-21)15-7-8-18-20-15/h7-8,12-14,17H,1-6,9-11H2,(H,18,20)(H,19,22). The Kier molecular flexibility index (Phi) is 3.90. The summed E-state index contributed by atoms with van der Waals surface area (Å²) in [6.07, 6.45) is 9.41. The van der Waals surface area contributed by atoms with Crippen LogP contribution in [0.25, 0.3) is 0 Å². The smallest absolute Gasteiger partial charge is 0.234 e. The normalized spacial score (nSPS) is 26.3. The van der Waals surface area contributed by atoms with E-state index in [2.05, 4.69) is 26.5 Å². The Morgan fingerprint density at radius 3 is 2.73 bits per heavy atom. The van der Waals surface area contributed by atoms with Crippen molar-refractivity contribution in [3.05, 3.63) is 18.0 Å². The van der Waals surface area contributed by atoms with Gasteiger partial charge in [0.05, 0.1) is 6.54 Å². The number of likely N-dealkylation sites (tertiary alicyclic amines) is 1. The quantitative estimate of drug-likeness (QED) is 0.843. The summed E-state index contributed by atoms with van der Waals surface area (Å²) in [7, 11) is 0. The van der Waals surface area contributed by atoms with Crippen LogP contribution in [0.5, 0.6) is 0 Å². The Balaban J connectivity index is 1.29. The van der Waals surface area contributed by atoms with Crippen LogP contribution in [0, 0.1) is 11.8 Å². The summed E-state index contributed by atoms with van der Waals surface area (Å²) in [4.78, 5) is 14.7. The number of nitrogens with one attached hydrogen (secondary N) is 2. The van der Waals surface area contributed by atoms with Crippen molar-refractivity contribution < 1.29 is 4.79 Å². The fourth-order valence-corrected chi connectivity index (χ4v) is 3.91. The molecule has 1 aliphatic heterocycles. The predicted molar refractivity (Wildman–Crippen MR) is 84.4 cm³/mol. The molecule has 1 aromatic rings. The number of hydrogen-bond donors (Lipinski definition) is 2. The van der Waals surface area contributed by atoms with E-state index in [0.29, 0.717) is 18.5 Å². The number of aromatic nitrogens is 2. The molecule has 3 aliphatic rings. The van der Waals surface area contributed by atoms with Crippen molar-refractivity contribution in [3.8, 4) is 0 Å². The van der Waals surface area contributed by atoms with Crippen molar-refractivity contribution in [1.29, 1.82) is 0 Å². The summed E-state index contributed by atoms with van der Waals surface area (Å²) < 4.78 is 0. The molecule has 0 spiro atoms. The van der Waals surface area contributed by atoms with Crippen LogP contribution in [-0.2, 0) is 4.79 Å². The number of aromatic amines is 1. The van der Waals surface area contributed by atoms with Crippen molar-refractivity contribution in [2.24, 2.45) is 11.8 Å². The first-order chi connectivity index (χ1) is 10.8. The second-order valence-corrected chi connectivity index (χ2v) is 7.35. The Labute approximate surface area is 131 Å². The van der Waals surface area contributed by atoms with Gasteiger partial charge in [0.25, 0.3) is 0 Å². The molecule has 1 aromatic heterocycles. The summed E-state index contributed by atoms with van der Waals surface area (Å²) in [5.41, 5.74) is 1.21. The molecule has 2 heterocycles. The molecule has 22 heavy (non-hydrogen) atoms. The third-order valence-corrected chi connectivity index (χ3v) is 5.42. The number of carbonyl (C=O) groups excluding carboxylic acids is 1. The molecule has 1 saturated heterocycles. The molecule has 5 nitrogen and oxygen atoms in total. The van der Waals surface area contributed by atoms with Gasteiger partial charge in [0.15, 0.2) is 0 Å². The maximum atomic E-state index is 12.4. The third-order valence-electron chi connectivity index (χ3n) is 5.42. The van der Waals surface area contributed by atoms with Gasteiger partial charge in [-0.25, -0.2) is 0 Å². The zero-order valence-electron chi connectivity index (χ0n) is 13.1. The highest BCUT2D eigenvalue weighted by atomic mass is 16.2. The SMILES string of the molecule is O=C(CN1CCCC(c2ccn[nH]2)C1)NC(C1CC1)C1CC1. The molecule has 2 saturated carbocycles. The lowest BCUT2D eigenvalue weighted by atomic mass is 9.95. The fourth-order valence-electron chi connectivity index (χ4n) is 3.91. The molecule has 1 unspecified atom stereocenters. The second-order valence-electron chi connectivity index (χ2n) is 7.35. The minimum absolute atomic E-state index is 0.231. The zero-order chi connectivity index (χ0) is 14.9. The molecule has 3 fully saturated rings. The largest absolute Gasteiger partial charge is 0.352 e. The van der Waals surface area contributed by atoms with Crippen LogP contribution in [0.15, 0.2) is 12.3 Å². The summed E-state index contributed by atoms with van der Waals surface area (Å²) in [6.45, 7) is 2.56. The summed E-state index contributed by atoms with van der Waals surface area (Å²) in [5.74, 6) is 2.27. The first kappa shape index (κ1) is 14.2. The first-order valence-electron chi connectivity index (χ1n) is 8.80. The van der Waals surface area contributed by atoms with Gasteiger partial charge >= 0.3 is 0 Å². The van der Waals surface area contributed by atoms with E-state index in [1.54, 1.807) is 0 Å². The van der Waals surface area contributed by atoms with Crippen LogP contribution < -0.4 is 5.32 Å². The van der Waals surface area contributed by atoms with Crippen LogP contribution in [0.2, 0.25) is 0 Å². The molecule has 2 aliphatic carbocycles. The summed E-state index contributed by atoms with van der Waals surface area (Å²) in [5, 5.41) is 10.5. The number of amides is 1. The molecule has 1 amide bonds. The van der Waals surface area contributed by atoms with Crippen LogP contribution in [0.1, 0.15) is 50.1 Å². The Morgan fingerprint density at radius 1 is 1.32 bits per heavy atom. The topological polar surface area (TPSA) is 61.0 Å². The van der Waals surface area contributed by atoms with Crippen LogP contribution >= 0.6 is 0 Å². The van der Waals surface area contributed by atoms with Crippen molar-refractivity contribution >= 4 is 5.91 Å². The first-order valence-corrected chi connectivity index (χ1v) is 8.80. The number of hydrogen-bond acceptors (Lipinski definition) is 3. The van der Waals surface area contributed by atoms with Crippen LogP contribution in [0.4, 0.5) is 0 Å². The molecule has 5 heteroatoms. The highest BCUT2D eigenvalue weighted by Gasteiger charge is 2.42. The molecule has 0 aromatic carbocycles. The van der Waals surface area contributed by atoms with E-state index in [1.807, 2.05) is 6.20 Å². The van der Waals surface area contributed by atoms with Crippen LogP contribution in [-0.4, -0.2) is 46.7 Å². The summed E-state index contributed by atoms with van der Waals surface area (Å²) >= 11 is 0. The van der Waals surface area contributed by atoms with Gasteiger partial charge in [-0.1, -0.05) is 0 Å². The van der Waals surface area contributed by atoms with Crippen molar-refractivity contribution in [2.45, 2.75) is 50.5 Å². The number of rotatable bonds is 6. The van der Waals surface area contributed by atoms with E-state index < -0.39 is 0 Å². The van der Waals surface area contributed by atoms with E-state index in [0.717, 1.165) is 31.3 Å². The van der Waals surface area contributed by atoms with Crippen molar-refractivity contribution in [3.63, 3.8) is 0 Å². The number of piperidine rings is 1. The second kappa shape index (κ2) is 6.03. The molecule has 2 N–H and O–H groups in total. The minimum atomic E-state index is 0.231. The van der Waals surface area contributed by atoms with E-state index in [1.165, 1.54) is 37.8 Å². The predicted octanol–water partition coefficient (Wildman–Crippen LogP) is 1.89. The molecular weight excluding hydrogens is 276 g/mol. The lowest BCUT2D eigenvalue weighted by molar-refractivity contribution is -0.123. The van der Waals surface area contributed by atoms with Gasteiger partial charge in [-0.15, -0.1) is 0 Å². The number of nitrogens with zero attached hydrogens (tertiary/aromatic N) is 2. The maximum Gasteiger partial charge on any atom is 0.234 e. The highest BCUT2D eigenvalue weighted by Crippen LogP contribution is 2.44. The monoisotopic (exact) mass is 302 g/mol. The number of carbonyl (C=O) groups is 1. The summed E-state index contributed by atoms with van der Waals surface area (Å²) in [6, 6.07) is 2.53. The van der Waals surface area contributed by atoms with Gasteiger partial charge in [-0.05, 0) is 63.0 Å². The van der Waals surface area contributed by atoms with Gasteiger partial charge in [-0.3, -0.25) is 14.8 Å². The van der Waals surface area contributed by atoms with Crippen molar-refractivity contribution in [1.82, 2.24) is 20.4 Å².